The molecule has 0 atom stereocenters. The highest BCUT2D eigenvalue weighted by Gasteiger charge is 2.27. The van der Waals surface area contributed by atoms with Crippen molar-refractivity contribution < 1.29 is 19.2 Å². The smallest absolute Gasteiger partial charge is 0.363 e. The molecule has 1 aliphatic heterocycles. The van der Waals surface area contributed by atoms with Gasteiger partial charge < -0.3 is 9.47 Å². The Morgan fingerprint density at radius 3 is 2.47 bits per heavy atom. The van der Waals surface area contributed by atoms with Crippen LogP contribution < -0.4 is 4.74 Å². The quantitative estimate of drug-likeness (QED) is 0.0919. The van der Waals surface area contributed by atoms with Crippen LogP contribution in [0.25, 0.3) is 6.08 Å². The van der Waals surface area contributed by atoms with Gasteiger partial charge in [0, 0.05) is 20.8 Å². The molecule has 0 unspecified atom stereocenters. The van der Waals surface area contributed by atoms with Crippen molar-refractivity contribution in [2.45, 2.75) is 13.5 Å². The van der Waals surface area contributed by atoms with Gasteiger partial charge in [-0.25, -0.2) is 9.79 Å². The van der Waals surface area contributed by atoms with E-state index >= 15 is 0 Å². The molecule has 0 saturated carbocycles. The second kappa shape index (κ2) is 10.7. The molecule has 0 N–H and O–H groups in total. The maximum atomic E-state index is 12.4. The Kier molecular flexibility index (Phi) is 7.87. The first-order chi connectivity index (χ1) is 16.2. The standard InChI is InChI=1S/C24H15I3N2O5/c1-13-17(6-3-7-21(13)29(31)32)23-28-20(24(30)34-23)11-15-9-18(26)22(19(27)10-15)33-12-14-4-2-5-16(25)8-14/h2-11H,12H2,1H3/b20-11-. The highest BCUT2D eigenvalue weighted by molar-refractivity contribution is 14.1. The Hall–Kier alpha value is -2.07. The molecule has 0 amide bonds. The van der Waals surface area contributed by atoms with Gasteiger partial charge in [0.25, 0.3) is 5.69 Å². The van der Waals surface area contributed by atoms with Crippen molar-refractivity contribution in [3.63, 3.8) is 0 Å². The zero-order valence-electron chi connectivity index (χ0n) is 17.6. The number of ether oxygens (including phenoxy) is 2. The van der Waals surface area contributed by atoms with Crippen LogP contribution in [0.15, 0.2) is 65.3 Å². The zero-order valence-corrected chi connectivity index (χ0v) is 24.0. The molecule has 0 bridgehead atoms. The molecule has 0 aliphatic carbocycles. The van der Waals surface area contributed by atoms with Crippen LogP contribution in [-0.4, -0.2) is 16.8 Å². The maximum Gasteiger partial charge on any atom is 0.363 e. The first-order valence-electron chi connectivity index (χ1n) is 9.86. The predicted octanol–water partition coefficient (Wildman–Crippen LogP) is 6.64. The molecule has 0 saturated heterocycles. The van der Waals surface area contributed by atoms with Crippen molar-refractivity contribution in [2.24, 2.45) is 4.99 Å². The number of halogens is 3. The van der Waals surface area contributed by atoms with E-state index in [1.54, 1.807) is 19.1 Å². The fourth-order valence-corrected chi connectivity index (χ4v) is 6.05. The van der Waals surface area contributed by atoms with Crippen LogP contribution in [0.2, 0.25) is 0 Å². The van der Waals surface area contributed by atoms with Crippen molar-refractivity contribution in [3.8, 4) is 5.75 Å². The van der Waals surface area contributed by atoms with E-state index in [1.807, 2.05) is 30.3 Å². The number of hydrogen-bond donors (Lipinski definition) is 0. The minimum absolute atomic E-state index is 0.0549. The topological polar surface area (TPSA) is 91.0 Å². The van der Waals surface area contributed by atoms with Crippen LogP contribution >= 0.6 is 67.8 Å². The van der Waals surface area contributed by atoms with E-state index in [1.165, 1.54) is 12.1 Å². The van der Waals surface area contributed by atoms with Gasteiger partial charge in [-0.05, 0) is 122 Å². The van der Waals surface area contributed by atoms with Crippen molar-refractivity contribution in [1.29, 1.82) is 0 Å². The highest BCUT2D eigenvalue weighted by atomic mass is 127. The molecule has 7 nitrogen and oxygen atoms in total. The molecule has 1 heterocycles. The van der Waals surface area contributed by atoms with Gasteiger partial charge in [-0.1, -0.05) is 18.2 Å². The van der Waals surface area contributed by atoms with Crippen molar-refractivity contribution in [1.82, 2.24) is 0 Å². The molecule has 10 heteroatoms. The summed E-state index contributed by atoms with van der Waals surface area (Å²) in [5.74, 6) is 0.219. The first kappa shape index (κ1) is 25.0. The zero-order chi connectivity index (χ0) is 24.4. The van der Waals surface area contributed by atoms with Crippen LogP contribution in [0.4, 0.5) is 5.69 Å². The molecule has 0 aromatic heterocycles. The van der Waals surface area contributed by atoms with Gasteiger partial charge in [-0.3, -0.25) is 10.1 Å². The second-order valence-electron chi connectivity index (χ2n) is 7.28. The number of cyclic esters (lactones) is 1. The summed E-state index contributed by atoms with van der Waals surface area (Å²) < 4.78 is 14.3. The summed E-state index contributed by atoms with van der Waals surface area (Å²) >= 11 is 6.68. The molecule has 0 spiro atoms. The normalized spacial score (nSPS) is 14.2. The van der Waals surface area contributed by atoms with E-state index in [0.717, 1.165) is 27.6 Å². The van der Waals surface area contributed by atoms with Crippen LogP contribution in [0.5, 0.6) is 5.75 Å². The fraction of sp³-hybridized carbons (Fsp3) is 0.0833. The van der Waals surface area contributed by atoms with Gasteiger partial charge in [0.1, 0.15) is 12.4 Å². The molecule has 0 fully saturated rings. The molecule has 3 aromatic carbocycles. The summed E-state index contributed by atoms with van der Waals surface area (Å²) in [5.41, 5.74) is 2.71. The van der Waals surface area contributed by atoms with E-state index in [-0.39, 0.29) is 17.3 Å². The number of nitrogens with zero attached hydrogens (tertiary/aromatic N) is 2. The Balaban J connectivity index is 1.59. The minimum atomic E-state index is -0.607. The number of rotatable bonds is 6. The van der Waals surface area contributed by atoms with E-state index < -0.39 is 10.9 Å². The second-order valence-corrected chi connectivity index (χ2v) is 10.8. The van der Waals surface area contributed by atoms with E-state index in [4.69, 9.17) is 9.47 Å². The van der Waals surface area contributed by atoms with E-state index in [9.17, 15) is 14.9 Å². The number of aliphatic imine (C=N–C) groups is 1. The van der Waals surface area contributed by atoms with Crippen LogP contribution in [0, 0.1) is 27.7 Å². The third kappa shape index (κ3) is 5.59. The average Bonchev–Trinajstić information content (AvgIpc) is 3.13. The number of nitro benzene ring substituents is 1. The number of benzene rings is 3. The summed E-state index contributed by atoms with van der Waals surface area (Å²) in [6.07, 6.45) is 1.63. The molecule has 4 rings (SSSR count). The number of esters is 1. The summed E-state index contributed by atoms with van der Waals surface area (Å²) in [6.45, 7) is 2.05. The lowest BCUT2D eigenvalue weighted by molar-refractivity contribution is -0.385. The lowest BCUT2D eigenvalue weighted by Crippen LogP contribution is -2.08. The maximum absolute atomic E-state index is 12.4. The van der Waals surface area contributed by atoms with Crippen LogP contribution in [-0.2, 0) is 16.1 Å². The minimum Gasteiger partial charge on any atom is -0.487 e. The van der Waals surface area contributed by atoms with Gasteiger partial charge in [-0.15, -0.1) is 0 Å². The Bertz CT molecular complexity index is 1360. The van der Waals surface area contributed by atoms with E-state index in [2.05, 4.69) is 78.8 Å². The Morgan fingerprint density at radius 1 is 1.09 bits per heavy atom. The molecule has 0 radical (unpaired) electrons. The number of hydrogen-bond acceptors (Lipinski definition) is 6. The monoisotopic (exact) mass is 792 g/mol. The number of carbonyl (C=O) groups excluding carboxylic acids is 1. The van der Waals surface area contributed by atoms with Crippen molar-refractivity contribution in [2.75, 3.05) is 0 Å². The van der Waals surface area contributed by atoms with Gasteiger partial charge in [0.05, 0.1) is 12.1 Å². The molecule has 1 aliphatic rings. The third-order valence-corrected chi connectivity index (χ3v) is 7.22. The van der Waals surface area contributed by atoms with Crippen LogP contribution in [0.1, 0.15) is 22.3 Å². The molecular formula is C24H15I3N2O5. The third-order valence-electron chi connectivity index (χ3n) is 4.95. The number of carbonyl (C=O) groups is 1. The van der Waals surface area contributed by atoms with Crippen LogP contribution in [0.3, 0.4) is 0 Å². The average molecular weight is 792 g/mol. The van der Waals surface area contributed by atoms with Gasteiger partial charge in [-0.2, -0.15) is 0 Å². The summed E-state index contributed by atoms with van der Waals surface area (Å²) in [5, 5.41) is 11.2. The predicted molar refractivity (Wildman–Crippen MR) is 154 cm³/mol. The molecular weight excluding hydrogens is 777 g/mol. The summed E-state index contributed by atoms with van der Waals surface area (Å²) in [6, 6.07) is 16.5. The lowest BCUT2D eigenvalue weighted by Gasteiger charge is -2.12. The Labute approximate surface area is 236 Å². The fourth-order valence-electron chi connectivity index (χ4n) is 3.32. The van der Waals surface area contributed by atoms with Gasteiger partial charge >= 0.3 is 5.97 Å². The van der Waals surface area contributed by atoms with Crippen molar-refractivity contribution >= 4 is 91.4 Å². The van der Waals surface area contributed by atoms with Gasteiger partial charge in [0.15, 0.2) is 5.70 Å². The van der Waals surface area contributed by atoms with E-state index in [0.29, 0.717) is 17.7 Å². The Morgan fingerprint density at radius 2 is 1.79 bits per heavy atom. The first-order valence-corrected chi connectivity index (χ1v) is 13.1. The summed E-state index contributed by atoms with van der Waals surface area (Å²) in [4.78, 5) is 27.5. The van der Waals surface area contributed by atoms with Crippen molar-refractivity contribution in [3.05, 3.63) is 103 Å². The SMILES string of the molecule is Cc1c(C2=N/C(=C\c3cc(I)c(OCc4cccc(I)c4)c(I)c3)C(=O)O2)cccc1[N+](=O)[O-]. The highest BCUT2D eigenvalue weighted by Crippen LogP contribution is 2.32. The summed E-state index contributed by atoms with van der Waals surface area (Å²) in [7, 11) is 0. The molecule has 3 aromatic rings. The number of nitro groups is 1. The molecule has 34 heavy (non-hydrogen) atoms. The van der Waals surface area contributed by atoms with Gasteiger partial charge in [0.2, 0.25) is 5.90 Å². The largest absolute Gasteiger partial charge is 0.487 e. The molecule has 172 valence electrons. The lowest BCUT2D eigenvalue weighted by atomic mass is 10.1.